The number of benzene rings is 1. The summed E-state index contributed by atoms with van der Waals surface area (Å²) >= 11 is 1.32. The van der Waals surface area contributed by atoms with Crippen LogP contribution in [0.2, 0.25) is 0 Å². The first kappa shape index (κ1) is 18.9. The molecule has 1 heterocycles. The van der Waals surface area contributed by atoms with E-state index in [0.29, 0.717) is 24.0 Å². The summed E-state index contributed by atoms with van der Waals surface area (Å²) < 4.78 is 5.54. The number of hydrogen-bond donors (Lipinski definition) is 2. The van der Waals surface area contributed by atoms with Crippen LogP contribution in [0.4, 0.5) is 5.13 Å². The number of rotatable bonds is 8. The number of thiazole rings is 1. The molecule has 2 aromatic rings. The molecule has 1 aromatic heterocycles. The van der Waals surface area contributed by atoms with E-state index < -0.39 is 0 Å². The zero-order valence-electron chi connectivity index (χ0n) is 14.7. The lowest BCUT2D eigenvalue weighted by Crippen LogP contribution is -2.25. The molecule has 6 nitrogen and oxygen atoms in total. The second-order valence-corrected chi connectivity index (χ2v) is 6.64. The highest BCUT2D eigenvalue weighted by molar-refractivity contribution is 7.13. The van der Waals surface area contributed by atoms with Crippen molar-refractivity contribution in [2.24, 2.45) is 5.92 Å². The second kappa shape index (κ2) is 9.17. The van der Waals surface area contributed by atoms with Crippen LogP contribution in [0.1, 0.15) is 32.0 Å². The minimum absolute atomic E-state index is 0.0853. The molecule has 0 saturated heterocycles. The summed E-state index contributed by atoms with van der Waals surface area (Å²) in [6.07, 6.45) is 0.171. The monoisotopic (exact) mass is 361 g/mol. The molecule has 7 heteroatoms. The third kappa shape index (κ3) is 5.86. The van der Waals surface area contributed by atoms with Crippen LogP contribution >= 0.6 is 11.3 Å². The van der Waals surface area contributed by atoms with E-state index in [1.807, 2.05) is 45.0 Å². The molecule has 0 radical (unpaired) electrons. The Balaban J connectivity index is 1.87. The first-order valence-electron chi connectivity index (χ1n) is 8.22. The fraction of sp³-hybridized carbons (Fsp3) is 0.389. The molecule has 25 heavy (non-hydrogen) atoms. The van der Waals surface area contributed by atoms with Crippen molar-refractivity contribution in [3.63, 3.8) is 0 Å². The van der Waals surface area contributed by atoms with Gasteiger partial charge in [0.25, 0.3) is 0 Å². The Morgan fingerprint density at radius 1 is 1.28 bits per heavy atom. The van der Waals surface area contributed by atoms with Gasteiger partial charge in [-0.25, -0.2) is 4.98 Å². The average molecular weight is 361 g/mol. The van der Waals surface area contributed by atoms with Crippen LogP contribution in [-0.4, -0.2) is 23.4 Å². The predicted octanol–water partition coefficient (Wildman–Crippen LogP) is 3.00. The summed E-state index contributed by atoms with van der Waals surface area (Å²) in [5.74, 6) is 0.454. The van der Waals surface area contributed by atoms with Gasteiger partial charge in [-0.3, -0.25) is 9.59 Å². The largest absolute Gasteiger partial charge is 0.494 e. The van der Waals surface area contributed by atoms with E-state index in [1.165, 1.54) is 11.3 Å². The number of carbonyl (C=O) groups is 2. The van der Waals surface area contributed by atoms with Crippen molar-refractivity contribution in [2.75, 3.05) is 11.9 Å². The molecule has 0 aliphatic rings. The number of nitrogens with one attached hydrogen (secondary N) is 2. The Kier molecular flexibility index (Phi) is 6.94. The quantitative estimate of drug-likeness (QED) is 0.757. The van der Waals surface area contributed by atoms with Gasteiger partial charge in [-0.1, -0.05) is 32.0 Å². The van der Waals surface area contributed by atoms with Gasteiger partial charge in [-0.05, 0) is 13.0 Å². The standard InChI is InChI=1S/C18H23N3O3S/c1-4-24-15-8-6-5-7-13(15)10-19-16(22)9-14-11-25-18(20-14)21-17(23)12(2)3/h5-8,11-12H,4,9-10H2,1-3H3,(H,19,22)(H,20,21,23). The maximum Gasteiger partial charge on any atom is 0.228 e. The van der Waals surface area contributed by atoms with E-state index in [4.69, 9.17) is 4.74 Å². The zero-order chi connectivity index (χ0) is 18.2. The van der Waals surface area contributed by atoms with Gasteiger partial charge in [0.1, 0.15) is 5.75 Å². The number of aromatic nitrogens is 1. The van der Waals surface area contributed by atoms with E-state index in [0.717, 1.165) is 11.3 Å². The molecule has 2 rings (SSSR count). The summed E-state index contributed by atoms with van der Waals surface area (Å²) in [5.41, 5.74) is 1.57. The van der Waals surface area contributed by atoms with Crippen molar-refractivity contribution in [3.05, 3.63) is 40.9 Å². The van der Waals surface area contributed by atoms with Crippen molar-refractivity contribution in [3.8, 4) is 5.75 Å². The van der Waals surface area contributed by atoms with Gasteiger partial charge in [0.05, 0.1) is 18.7 Å². The number of anilines is 1. The van der Waals surface area contributed by atoms with Gasteiger partial charge in [0, 0.05) is 23.4 Å². The second-order valence-electron chi connectivity index (χ2n) is 5.78. The van der Waals surface area contributed by atoms with E-state index in [-0.39, 0.29) is 24.2 Å². The molecular formula is C18H23N3O3S. The third-order valence-corrected chi connectivity index (χ3v) is 4.20. The highest BCUT2D eigenvalue weighted by atomic mass is 32.1. The third-order valence-electron chi connectivity index (χ3n) is 3.40. The van der Waals surface area contributed by atoms with Crippen LogP contribution in [0, 0.1) is 5.92 Å². The molecule has 134 valence electrons. The van der Waals surface area contributed by atoms with Crippen LogP contribution in [-0.2, 0) is 22.6 Å². The summed E-state index contributed by atoms with van der Waals surface area (Å²) in [6, 6.07) is 7.62. The first-order valence-corrected chi connectivity index (χ1v) is 9.10. The minimum atomic E-state index is -0.127. The molecule has 0 bridgehead atoms. The Morgan fingerprint density at radius 2 is 2.04 bits per heavy atom. The van der Waals surface area contributed by atoms with Crippen molar-refractivity contribution in [2.45, 2.75) is 33.7 Å². The van der Waals surface area contributed by atoms with E-state index in [1.54, 1.807) is 5.38 Å². The SMILES string of the molecule is CCOc1ccccc1CNC(=O)Cc1csc(NC(=O)C(C)C)n1. The van der Waals surface area contributed by atoms with Gasteiger partial charge in [-0.15, -0.1) is 11.3 Å². The van der Waals surface area contributed by atoms with E-state index >= 15 is 0 Å². The molecule has 0 fully saturated rings. The molecule has 0 saturated carbocycles. The zero-order valence-corrected chi connectivity index (χ0v) is 15.5. The molecule has 1 aromatic carbocycles. The number of nitrogens with zero attached hydrogens (tertiary/aromatic N) is 1. The molecule has 0 unspecified atom stereocenters. The predicted molar refractivity (Wildman–Crippen MR) is 98.7 cm³/mol. The van der Waals surface area contributed by atoms with Crippen molar-refractivity contribution in [1.29, 1.82) is 0 Å². The van der Waals surface area contributed by atoms with Gasteiger partial charge in [-0.2, -0.15) is 0 Å². The smallest absolute Gasteiger partial charge is 0.228 e. The fourth-order valence-corrected chi connectivity index (χ4v) is 2.78. The van der Waals surface area contributed by atoms with E-state index in [2.05, 4.69) is 15.6 Å². The maximum atomic E-state index is 12.1. The lowest BCUT2D eigenvalue weighted by Gasteiger charge is -2.10. The van der Waals surface area contributed by atoms with Crippen molar-refractivity contribution < 1.29 is 14.3 Å². The fourth-order valence-electron chi connectivity index (χ4n) is 2.06. The number of ether oxygens (including phenoxy) is 1. The van der Waals surface area contributed by atoms with E-state index in [9.17, 15) is 9.59 Å². The normalized spacial score (nSPS) is 10.6. The Morgan fingerprint density at radius 3 is 2.76 bits per heavy atom. The summed E-state index contributed by atoms with van der Waals surface area (Å²) in [4.78, 5) is 28.0. The minimum Gasteiger partial charge on any atom is -0.494 e. The number of para-hydroxylation sites is 1. The summed E-state index contributed by atoms with van der Waals surface area (Å²) in [7, 11) is 0. The van der Waals surface area contributed by atoms with Crippen molar-refractivity contribution >= 4 is 28.3 Å². The topological polar surface area (TPSA) is 80.3 Å². The lowest BCUT2D eigenvalue weighted by molar-refractivity contribution is -0.120. The summed E-state index contributed by atoms with van der Waals surface area (Å²) in [5, 5.41) is 7.91. The number of amides is 2. The molecule has 2 N–H and O–H groups in total. The van der Waals surface area contributed by atoms with Gasteiger partial charge < -0.3 is 15.4 Å². The highest BCUT2D eigenvalue weighted by Crippen LogP contribution is 2.18. The highest BCUT2D eigenvalue weighted by Gasteiger charge is 2.12. The first-order chi connectivity index (χ1) is 12.0. The molecule has 2 amide bonds. The van der Waals surface area contributed by atoms with Crippen molar-refractivity contribution in [1.82, 2.24) is 10.3 Å². The molecule has 0 spiro atoms. The average Bonchev–Trinajstić information content (AvgIpc) is 3.01. The van der Waals surface area contributed by atoms with Gasteiger partial charge in [0.2, 0.25) is 11.8 Å². The maximum absolute atomic E-state index is 12.1. The molecule has 0 aliphatic heterocycles. The Hall–Kier alpha value is -2.41. The molecule has 0 atom stereocenters. The van der Waals surface area contributed by atoms with Gasteiger partial charge in [0.15, 0.2) is 5.13 Å². The van der Waals surface area contributed by atoms with Crippen LogP contribution in [0.5, 0.6) is 5.75 Å². The number of carbonyl (C=O) groups excluding carboxylic acids is 2. The lowest BCUT2D eigenvalue weighted by atomic mass is 10.2. The Bertz CT molecular complexity index is 728. The van der Waals surface area contributed by atoms with Gasteiger partial charge >= 0.3 is 0 Å². The molecule has 0 aliphatic carbocycles. The summed E-state index contributed by atoms with van der Waals surface area (Å²) in [6.45, 7) is 6.53. The van der Waals surface area contributed by atoms with Crippen LogP contribution < -0.4 is 15.4 Å². The van der Waals surface area contributed by atoms with Crippen LogP contribution in [0.25, 0.3) is 0 Å². The molecular weight excluding hydrogens is 338 g/mol. The number of hydrogen-bond acceptors (Lipinski definition) is 5. The Labute approximate surface area is 151 Å². The van der Waals surface area contributed by atoms with Crippen LogP contribution in [0.3, 0.4) is 0 Å². The van der Waals surface area contributed by atoms with Crippen LogP contribution in [0.15, 0.2) is 29.6 Å².